The molecule has 1 aliphatic heterocycles. The molecule has 0 radical (unpaired) electrons. The minimum Gasteiger partial charge on any atom is -0.496 e. The van der Waals surface area contributed by atoms with Gasteiger partial charge in [-0.15, -0.1) is 0 Å². The number of hydrogen-bond acceptors (Lipinski definition) is 3. The largest absolute Gasteiger partial charge is 0.496 e. The summed E-state index contributed by atoms with van der Waals surface area (Å²) in [5.74, 6) is 0.866. The van der Waals surface area contributed by atoms with E-state index in [-0.39, 0.29) is 0 Å². The third-order valence-electron chi connectivity index (χ3n) is 3.29. The number of rotatable bonds is 2. The van der Waals surface area contributed by atoms with Gasteiger partial charge in [0.25, 0.3) is 0 Å². The van der Waals surface area contributed by atoms with Gasteiger partial charge in [-0.3, -0.25) is 0 Å². The van der Waals surface area contributed by atoms with Crippen LogP contribution in [0.25, 0.3) is 0 Å². The van der Waals surface area contributed by atoms with Gasteiger partial charge in [-0.25, -0.2) is 0 Å². The molecule has 0 amide bonds. The fraction of sp³-hybridized carbons (Fsp3) is 0.368. The summed E-state index contributed by atoms with van der Waals surface area (Å²) in [6.07, 6.45) is 4.22. The lowest BCUT2D eigenvalue weighted by atomic mass is 10.2. The van der Waals surface area contributed by atoms with E-state index in [1.54, 1.807) is 7.11 Å². The van der Waals surface area contributed by atoms with Crippen molar-refractivity contribution in [1.29, 1.82) is 0 Å². The van der Waals surface area contributed by atoms with Gasteiger partial charge in [-0.2, -0.15) is 0 Å². The third-order valence-corrected chi connectivity index (χ3v) is 3.29. The lowest BCUT2D eigenvalue weighted by molar-refractivity contribution is 0.410. The van der Waals surface area contributed by atoms with Crippen molar-refractivity contribution in [2.24, 2.45) is 5.73 Å². The van der Waals surface area contributed by atoms with Crippen LogP contribution in [-0.2, 0) is 6.54 Å². The normalized spacial score (nSPS) is 13.0. The number of hydrogen-bond donors (Lipinski definition) is 2. The van der Waals surface area contributed by atoms with Crippen molar-refractivity contribution in [3.63, 3.8) is 0 Å². The molecule has 22 heavy (non-hydrogen) atoms. The third kappa shape index (κ3) is 8.45. The van der Waals surface area contributed by atoms with E-state index < -0.39 is 0 Å². The number of nitrogens with one attached hydrogen (secondary N) is 1. The van der Waals surface area contributed by atoms with Gasteiger partial charge in [-0.1, -0.05) is 61.0 Å². The van der Waals surface area contributed by atoms with Gasteiger partial charge in [0.2, 0.25) is 0 Å². The number of piperidine rings is 1. The highest BCUT2D eigenvalue weighted by Crippen LogP contribution is 2.15. The molecule has 3 N–H and O–H groups in total. The van der Waals surface area contributed by atoms with Crippen molar-refractivity contribution in [3.8, 4) is 5.75 Å². The number of para-hydroxylation sites is 1. The van der Waals surface area contributed by atoms with E-state index in [1.807, 2.05) is 60.7 Å². The average molecular weight is 300 g/mol. The summed E-state index contributed by atoms with van der Waals surface area (Å²) in [7, 11) is 1.65. The maximum absolute atomic E-state index is 5.45. The summed E-state index contributed by atoms with van der Waals surface area (Å²) in [5, 5.41) is 3.28. The summed E-state index contributed by atoms with van der Waals surface area (Å²) >= 11 is 0. The molecule has 0 spiro atoms. The van der Waals surface area contributed by atoms with Crippen molar-refractivity contribution in [3.05, 3.63) is 66.2 Å². The number of methoxy groups -OCH3 is 1. The van der Waals surface area contributed by atoms with Gasteiger partial charge < -0.3 is 15.8 Å². The fourth-order valence-electron chi connectivity index (χ4n) is 2.06. The molecule has 0 bridgehead atoms. The number of benzene rings is 2. The quantitative estimate of drug-likeness (QED) is 0.891. The van der Waals surface area contributed by atoms with E-state index in [1.165, 1.54) is 32.4 Å². The minimum atomic E-state index is 0.532. The summed E-state index contributed by atoms with van der Waals surface area (Å²) in [5.41, 5.74) is 6.49. The van der Waals surface area contributed by atoms with Crippen molar-refractivity contribution in [1.82, 2.24) is 5.32 Å². The maximum atomic E-state index is 5.45. The van der Waals surface area contributed by atoms with Crippen LogP contribution in [0, 0.1) is 0 Å². The summed E-state index contributed by atoms with van der Waals surface area (Å²) < 4.78 is 5.06. The molecule has 3 heteroatoms. The van der Waals surface area contributed by atoms with E-state index in [2.05, 4.69) is 5.32 Å². The van der Waals surface area contributed by atoms with Gasteiger partial charge in [0.05, 0.1) is 7.11 Å². The van der Waals surface area contributed by atoms with Crippen LogP contribution >= 0.6 is 0 Å². The molecule has 0 unspecified atom stereocenters. The second kappa shape index (κ2) is 12.9. The standard InChI is InChI=1S/C8H11NO.C6H6.C5H11N/c1-10-8-5-3-2-4-7(8)6-9;2*1-2-4-6-5-3-1/h2-5H,6,9H2,1H3;1-6H;6H,1-5H2. The molecule has 2 aromatic rings. The zero-order chi connectivity index (χ0) is 15.9. The monoisotopic (exact) mass is 300 g/mol. The van der Waals surface area contributed by atoms with Crippen molar-refractivity contribution < 1.29 is 4.74 Å². The number of nitrogens with two attached hydrogens (primary N) is 1. The summed E-state index contributed by atoms with van der Waals surface area (Å²) in [6, 6.07) is 19.7. The zero-order valence-electron chi connectivity index (χ0n) is 13.5. The average Bonchev–Trinajstić information content (AvgIpc) is 2.65. The van der Waals surface area contributed by atoms with Crippen molar-refractivity contribution in [2.45, 2.75) is 25.8 Å². The molecule has 1 saturated heterocycles. The zero-order valence-corrected chi connectivity index (χ0v) is 13.5. The Hall–Kier alpha value is -1.84. The summed E-state index contributed by atoms with van der Waals surface area (Å²) in [4.78, 5) is 0. The molecular formula is C19H28N2O. The Kier molecular flexibility index (Phi) is 10.7. The minimum absolute atomic E-state index is 0.532. The molecule has 0 atom stereocenters. The van der Waals surface area contributed by atoms with E-state index in [0.717, 1.165) is 11.3 Å². The maximum Gasteiger partial charge on any atom is 0.123 e. The van der Waals surface area contributed by atoms with E-state index in [4.69, 9.17) is 10.5 Å². The Balaban J connectivity index is 0.000000174. The van der Waals surface area contributed by atoms with E-state index >= 15 is 0 Å². The second-order valence-corrected chi connectivity index (χ2v) is 4.98. The molecule has 0 aliphatic carbocycles. The Morgan fingerprint density at radius 1 is 0.864 bits per heavy atom. The Labute approximate surface area is 134 Å². The first kappa shape index (κ1) is 18.2. The van der Waals surface area contributed by atoms with E-state index in [9.17, 15) is 0 Å². The smallest absolute Gasteiger partial charge is 0.123 e. The van der Waals surface area contributed by atoms with Crippen LogP contribution in [0.1, 0.15) is 24.8 Å². The van der Waals surface area contributed by atoms with E-state index in [0.29, 0.717) is 6.54 Å². The lowest BCUT2D eigenvalue weighted by Gasteiger charge is -2.08. The molecule has 1 aliphatic rings. The van der Waals surface area contributed by atoms with Crippen LogP contribution in [0.5, 0.6) is 5.75 Å². The lowest BCUT2D eigenvalue weighted by Crippen LogP contribution is -2.21. The van der Waals surface area contributed by atoms with Crippen LogP contribution in [0.15, 0.2) is 60.7 Å². The first-order valence-electron chi connectivity index (χ1n) is 7.91. The van der Waals surface area contributed by atoms with Crippen molar-refractivity contribution >= 4 is 0 Å². The molecule has 3 nitrogen and oxygen atoms in total. The van der Waals surface area contributed by atoms with Crippen LogP contribution in [0.3, 0.4) is 0 Å². The molecule has 1 heterocycles. The predicted molar refractivity (Wildman–Crippen MR) is 94.0 cm³/mol. The Bertz CT molecular complexity index is 409. The van der Waals surface area contributed by atoms with Gasteiger partial charge in [0.1, 0.15) is 5.75 Å². The van der Waals surface area contributed by atoms with Crippen molar-refractivity contribution in [2.75, 3.05) is 20.2 Å². The first-order valence-corrected chi connectivity index (χ1v) is 7.91. The first-order chi connectivity index (χ1) is 10.9. The molecular weight excluding hydrogens is 272 g/mol. The van der Waals surface area contributed by atoms with Crippen LogP contribution < -0.4 is 15.8 Å². The van der Waals surface area contributed by atoms with Gasteiger partial charge in [-0.05, 0) is 32.0 Å². The molecule has 0 saturated carbocycles. The highest BCUT2D eigenvalue weighted by Gasteiger charge is 1.96. The second-order valence-electron chi connectivity index (χ2n) is 4.98. The highest BCUT2D eigenvalue weighted by atomic mass is 16.5. The number of ether oxygens (including phenoxy) is 1. The predicted octanol–water partition coefficient (Wildman–Crippen LogP) is 3.60. The van der Waals surface area contributed by atoms with Crippen LogP contribution in [0.2, 0.25) is 0 Å². The molecule has 3 rings (SSSR count). The molecule has 0 aromatic heterocycles. The SMILES string of the molecule is C1CCNCC1.COc1ccccc1CN.c1ccccc1. The van der Waals surface area contributed by atoms with Gasteiger partial charge >= 0.3 is 0 Å². The van der Waals surface area contributed by atoms with Crippen LogP contribution in [-0.4, -0.2) is 20.2 Å². The summed E-state index contributed by atoms with van der Waals surface area (Å²) in [6.45, 7) is 3.03. The van der Waals surface area contributed by atoms with Crippen LogP contribution in [0.4, 0.5) is 0 Å². The fourth-order valence-corrected chi connectivity index (χ4v) is 2.06. The van der Waals surface area contributed by atoms with Gasteiger partial charge in [0, 0.05) is 12.1 Å². The van der Waals surface area contributed by atoms with Gasteiger partial charge in [0.15, 0.2) is 0 Å². The Morgan fingerprint density at radius 2 is 1.41 bits per heavy atom. The Morgan fingerprint density at radius 3 is 1.73 bits per heavy atom. The molecule has 1 fully saturated rings. The highest BCUT2D eigenvalue weighted by molar-refractivity contribution is 5.32. The molecule has 120 valence electrons. The molecule has 2 aromatic carbocycles. The topological polar surface area (TPSA) is 47.3 Å².